The van der Waals surface area contributed by atoms with Crippen molar-refractivity contribution in [2.75, 3.05) is 11.6 Å². The summed E-state index contributed by atoms with van der Waals surface area (Å²) in [5, 5.41) is 4.00. The van der Waals surface area contributed by atoms with E-state index < -0.39 is 0 Å². The second kappa shape index (κ2) is 7.14. The van der Waals surface area contributed by atoms with Crippen molar-refractivity contribution < 1.29 is 4.79 Å². The van der Waals surface area contributed by atoms with Gasteiger partial charge in [0.2, 0.25) is 0 Å². The highest BCUT2D eigenvalue weighted by Crippen LogP contribution is 2.41. The number of hydrogen-bond donors (Lipinski definition) is 0. The molecule has 0 saturated carbocycles. The van der Waals surface area contributed by atoms with E-state index >= 15 is 0 Å². The van der Waals surface area contributed by atoms with Gasteiger partial charge in [-0.25, -0.2) is 10.0 Å². The molecule has 1 aliphatic heterocycles. The van der Waals surface area contributed by atoms with Crippen LogP contribution in [0, 0.1) is 0 Å². The molecule has 0 saturated heterocycles. The maximum Gasteiger partial charge on any atom is 0.253 e. The molecule has 0 bridgehead atoms. The van der Waals surface area contributed by atoms with Gasteiger partial charge in [-0.2, -0.15) is 0 Å². The standard InChI is InChI=1S/C23H22N2O/c1-2-24(17-18-11-5-3-6-12-18)25-21-16-10-9-15-20(21)22(23(25)26)19-13-7-4-8-14-19/h3-16,22H,2,17H2,1H3/t22-/m0/s1. The molecule has 3 nitrogen and oxygen atoms in total. The first-order valence-corrected chi connectivity index (χ1v) is 9.06. The van der Waals surface area contributed by atoms with E-state index in [4.69, 9.17) is 0 Å². The minimum Gasteiger partial charge on any atom is -0.272 e. The van der Waals surface area contributed by atoms with Gasteiger partial charge in [-0.1, -0.05) is 85.8 Å². The third-order valence-corrected chi connectivity index (χ3v) is 4.92. The van der Waals surface area contributed by atoms with Gasteiger partial charge < -0.3 is 0 Å². The molecule has 1 atom stereocenters. The molecule has 26 heavy (non-hydrogen) atoms. The van der Waals surface area contributed by atoms with Crippen LogP contribution in [0.1, 0.15) is 29.5 Å². The first-order chi connectivity index (χ1) is 12.8. The van der Waals surface area contributed by atoms with E-state index in [2.05, 4.69) is 30.1 Å². The predicted octanol–water partition coefficient (Wildman–Crippen LogP) is 4.60. The Morgan fingerprint density at radius 2 is 1.46 bits per heavy atom. The Morgan fingerprint density at radius 1 is 0.846 bits per heavy atom. The van der Waals surface area contributed by atoms with Gasteiger partial charge in [0.05, 0.1) is 11.6 Å². The molecule has 0 aliphatic carbocycles. The van der Waals surface area contributed by atoms with Crippen LogP contribution in [-0.2, 0) is 11.3 Å². The highest BCUT2D eigenvalue weighted by molar-refractivity contribution is 6.06. The average Bonchev–Trinajstić information content (AvgIpc) is 2.99. The number of hydrazine groups is 1. The molecule has 0 N–H and O–H groups in total. The lowest BCUT2D eigenvalue weighted by Crippen LogP contribution is -2.45. The normalized spacial score (nSPS) is 16.2. The Bertz CT molecular complexity index is 892. The quantitative estimate of drug-likeness (QED) is 0.676. The molecule has 3 heteroatoms. The van der Waals surface area contributed by atoms with Gasteiger partial charge in [-0.05, 0) is 22.8 Å². The highest BCUT2D eigenvalue weighted by atomic mass is 16.2. The van der Waals surface area contributed by atoms with Crippen molar-refractivity contribution in [1.29, 1.82) is 0 Å². The van der Waals surface area contributed by atoms with Crippen LogP contribution >= 0.6 is 0 Å². The van der Waals surface area contributed by atoms with E-state index in [0.717, 1.165) is 23.4 Å². The highest BCUT2D eigenvalue weighted by Gasteiger charge is 2.40. The summed E-state index contributed by atoms with van der Waals surface area (Å²) in [5.41, 5.74) is 4.31. The van der Waals surface area contributed by atoms with Crippen molar-refractivity contribution in [1.82, 2.24) is 5.01 Å². The first-order valence-electron chi connectivity index (χ1n) is 9.06. The van der Waals surface area contributed by atoms with Gasteiger partial charge in [-0.15, -0.1) is 0 Å². The molecule has 1 heterocycles. The van der Waals surface area contributed by atoms with E-state index in [0.29, 0.717) is 6.54 Å². The Kier molecular flexibility index (Phi) is 4.55. The summed E-state index contributed by atoms with van der Waals surface area (Å²) < 4.78 is 0. The van der Waals surface area contributed by atoms with Crippen molar-refractivity contribution in [2.24, 2.45) is 0 Å². The molecule has 4 rings (SSSR count). The third kappa shape index (κ3) is 2.91. The Morgan fingerprint density at radius 3 is 2.15 bits per heavy atom. The molecular weight excluding hydrogens is 320 g/mol. The minimum absolute atomic E-state index is 0.121. The fraction of sp³-hybridized carbons (Fsp3) is 0.174. The molecule has 0 spiro atoms. The maximum atomic E-state index is 13.4. The summed E-state index contributed by atoms with van der Waals surface area (Å²) in [6, 6.07) is 28.5. The summed E-state index contributed by atoms with van der Waals surface area (Å²) in [5.74, 6) is -0.118. The third-order valence-electron chi connectivity index (χ3n) is 4.92. The van der Waals surface area contributed by atoms with Gasteiger partial charge >= 0.3 is 0 Å². The lowest BCUT2D eigenvalue weighted by molar-refractivity contribution is -0.121. The number of nitrogens with zero attached hydrogens (tertiary/aromatic N) is 2. The molecule has 3 aromatic rings. The van der Waals surface area contributed by atoms with Crippen LogP contribution in [0.15, 0.2) is 84.9 Å². The van der Waals surface area contributed by atoms with Crippen LogP contribution in [0.5, 0.6) is 0 Å². The lowest BCUT2D eigenvalue weighted by Gasteiger charge is -2.31. The minimum atomic E-state index is -0.239. The van der Waals surface area contributed by atoms with E-state index in [1.54, 1.807) is 0 Å². The van der Waals surface area contributed by atoms with Gasteiger partial charge in [0.25, 0.3) is 5.91 Å². The molecule has 1 aliphatic rings. The Labute approximate surface area is 154 Å². The fourth-order valence-corrected chi connectivity index (χ4v) is 3.68. The smallest absolute Gasteiger partial charge is 0.253 e. The molecule has 1 amide bonds. The maximum absolute atomic E-state index is 13.4. The Hall–Kier alpha value is -2.91. The number of para-hydroxylation sites is 1. The van der Waals surface area contributed by atoms with Gasteiger partial charge in [-0.3, -0.25) is 4.79 Å². The van der Waals surface area contributed by atoms with Crippen LogP contribution in [-0.4, -0.2) is 17.5 Å². The van der Waals surface area contributed by atoms with Crippen molar-refractivity contribution >= 4 is 11.6 Å². The van der Waals surface area contributed by atoms with E-state index in [1.807, 2.05) is 71.7 Å². The summed E-state index contributed by atoms with van der Waals surface area (Å²) in [7, 11) is 0. The number of hydrogen-bond acceptors (Lipinski definition) is 2. The van der Waals surface area contributed by atoms with Crippen molar-refractivity contribution in [3.05, 3.63) is 102 Å². The molecule has 0 aromatic heterocycles. The Balaban J connectivity index is 1.73. The summed E-state index contributed by atoms with van der Waals surface area (Å²) in [6.07, 6.45) is 0. The van der Waals surface area contributed by atoms with Crippen LogP contribution in [0.2, 0.25) is 0 Å². The molecule has 0 fully saturated rings. The number of carbonyl (C=O) groups is 1. The zero-order chi connectivity index (χ0) is 17.9. The summed E-state index contributed by atoms with van der Waals surface area (Å²) in [4.78, 5) is 13.4. The topological polar surface area (TPSA) is 23.6 Å². The second-order valence-electron chi connectivity index (χ2n) is 6.52. The monoisotopic (exact) mass is 342 g/mol. The summed E-state index contributed by atoms with van der Waals surface area (Å²) >= 11 is 0. The van der Waals surface area contributed by atoms with Gasteiger partial charge in [0.1, 0.15) is 0 Å². The number of carbonyl (C=O) groups excluding carboxylic acids is 1. The van der Waals surface area contributed by atoms with E-state index in [9.17, 15) is 4.79 Å². The van der Waals surface area contributed by atoms with Gasteiger partial charge in [0.15, 0.2) is 0 Å². The predicted molar refractivity (Wildman–Crippen MR) is 105 cm³/mol. The molecule has 3 aromatic carbocycles. The SMILES string of the molecule is CCN(Cc1ccccc1)N1C(=O)[C@@H](c2ccccc2)c2ccccc21. The molecule has 0 radical (unpaired) electrons. The number of amides is 1. The second-order valence-corrected chi connectivity index (χ2v) is 6.52. The average molecular weight is 342 g/mol. The largest absolute Gasteiger partial charge is 0.272 e. The lowest BCUT2D eigenvalue weighted by atomic mass is 9.93. The number of fused-ring (bicyclic) bond motifs is 1. The van der Waals surface area contributed by atoms with Crippen molar-refractivity contribution in [2.45, 2.75) is 19.4 Å². The number of rotatable bonds is 5. The number of anilines is 1. The fourth-order valence-electron chi connectivity index (χ4n) is 3.68. The van der Waals surface area contributed by atoms with E-state index in [-0.39, 0.29) is 11.8 Å². The van der Waals surface area contributed by atoms with Crippen LogP contribution < -0.4 is 5.01 Å². The zero-order valence-electron chi connectivity index (χ0n) is 14.9. The van der Waals surface area contributed by atoms with Crippen molar-refractivity contribution in [3.8, 4) is 0 Å². The first kappa shape index (κ1) is 16.6. The molecular formula is C23H22N2O. The van der Waals surface area contributed by atoms with Crippen LogP contribution in [0.25, 0.3) is 0 Å². The van der Waals surface area contributed by atoms with E-state index in [1.165, 1.54) is 5.56 Å². The van der Waals surface area contributed by atoms with Crippen LogP contribution in [0.4, 0.5) is 5.69 Å². The number of benzene rings is 3. The molecule has 130 valence electrons. The van der Waals surface area contributed by atoms with Crippen LogP contribution in [0.3, 0.4) is 0 Å². The molecule has 0 unspecified atom stereocenters. The summed E-state index contributed by atoms with van der Waals surface area (Å²) in [6.45, 7) is 3.56. The van der Waals surface area contributed by atoms with Gasteiger partial charge in [0, 0.05) is 13.1 Å². The van der Waals surface area contributed by atoms with Crippen molar-refractivity contribution in [3.63, 3.8) is 0 Å². The zero-order valence-corrected chi connectivity index (χ0v) is 14.9.